The molecule has 1 fully saturated rings. The molecule has 0 aromatic rings. The summed E-state index contributed by atoms with van der Waals surface area (Å²) in [6, 6.07) is 0. The number of amides is 1. The van der Waals surface area contributed by atoms with Crippen molar-refractivity contribution in [1.29, 1.82) is 0 Å². The van der Waals surface area contributed by atoms with Gasteiger partial charge in [-0.15, -0.1) is 0 Å². The van der Waals surface area contributed by atoms with E-state index >= 15 is 0 Å². The van der Waals surface area contributed by atoms with Gasteiger partial charge in [-0.3, -0.25) is 4.79 Å². The van der Waals surface area contributed by atoms with Crippen LogP contribution in [-0.2, 0) is 9.53 Å². The highest BCUT2D eigenvalue weighted by Crippen LogP contribution is 2.13. The Kier molecular flexibility index (Phi) is 7.49. The van der Waals surface area contributed by atoms with Crippen LogP contribution < -0.4 is 5.32 Å². The van der Waals surface area contributed by atoms with Gasteiger partial charge in [0.2, 0.25) is 5.91 Å². The molecule has 3 nitrogen and oxygen atoms in total. The molecule has 108 valence electrons. The quantitative estimate of drug-likeness (QED) is 0.591. The number of nitrogens with one attached hydrogen (secondary N) is 1. The monoisotopic (exact) mass is 265 g/mol. The normalized spacial score (nSPS) is 17.1. The molecule has 0 bridgehead atoms. The Hall–Kier alpha value is -1.09. The fourth-order valence-electron chi connectivity index (χ4n) is 2.13. The van der Waals surface area contributed by atoms with Crippen LogP contribution in [-0.4, -0.2) is 25.7 Å². The fraction of sp³-hybridized carbons (Fsp3) is 0.688. The summed E-state index contributed by atoms with van der Waals surface area (Å²) in [7, 11) is 0. The summed E-state index contributed by atoms with van der Waals surface area (Å²) in [6.07, 6.45) is 8.02. The van der Waals surface area contributed by atoms with Crippen molar-refractivity contribution in [2.24, 2.45) is 5.92 Å². The van der Waals surface area contributed by atoms with Gasteiger partial charge < -0.3 is 10.1 Å². The number of rotatable bonds is 6. The van der Waals surface area contributed by atoms with Crippen molar-refractivity contribution in [3.63, 3.8) is 0 Å². The number of carbonyl (C=O) groups excluding carboxylic acids is 1. The topological polar surface area (TPSA) is 38.3 Å². The van der Waals surface area contributed by atoms with Crippen LogP contribution in [0.1, 0.15) is 46.5 Å². The third kappa shape index (κ3) is 7.83. The summed E-state index contributed by atoms with van der Waals surface area (Å²) in [5.41, 5.74) is 2.47. The van der Waals surface area contributed by atoms with E-state index in [0.29, 0.717) is 5.92 Å². The Morgan fingerprint density at radius 3 is 2.58 bits per heavy atom. The lowest BCUT2D eigenvalue weighted by Gasteiger charge is -2.21. The van der Waals surface area contributed by atoms with Gasteiger partial charge in [-0.1, -0.05) is 17.2 Å². The molecule has 1 aliphatic rings. The van der Waals surface area contributed by atoms with Crippen molar-refractivity contribution in [1.82, 2.24) is 5.32 Å². The zero-order chi connectivity index (χ0) is 14.1. The minimum absolute atomic E-state index is 0.0428. The van der Waals surface area contributed by atoms with Crippen LogP contribution in [0.4, 0.5) is 0 Å². The van der Waals surface area contributed by atoms with Crippen LogP contribution in [0.25, 0.3) is 0 Å². The second-order valence-electron chi connectivity index (χ2n) is 5.61. The van der Waals surface area contributed by atoms with Crippen molar-refractivity contribution in [3.05, 3.63) is 23.3 Å². The molecule has 0 aliphatic carbocycles. The second kappa shape index (κ2) is 8.92. The van der Waals surface area contributed by atoms with E-state index in [2.05, 4.69) is 25.2 Å². The minimum atomic E-state index is 0.0428. The Bertz CT molecular complexity index is 335. The molecule has 1 N–H and O–H groups in total. The van der Waals surface area contributed by atoms with Crippen molar-refractivity contribution >= 4 is 5.91 Å². The highest BCUT2D eigenvalue weighted by Gasteiger charge is 2.13. The van der Waals surface area contributed by atoms with Gasteiger partial charge >= 0.3 is 0 Å². The molecule has 0 saturated carbocycles. The molecule has 1 saturated heterocycles. The maximum Gasteiger partial charge on any atom is 0.243 e. The van der Waals surface area contributed by atoms with Crippen LogP contribution in [0, 0.1) is 5.92 Å². The van der Waals surface area contributed by atoms with Gasteiger partial charge in [0.1, 0.15) is 0 Å². The van der Waals surface area contributed by atoms with Gasteiger partial charge in [0.15, 0.2) is 0 Å². The van der Waals surface area contributed by atoms with E-state index in [-0.39, 0.29) is 5.91 Å². The molecule has 3 heteroatoms. The molecule has 0 unspecified atom stereocenters. The lowest BCUT2D eigenvalue weighted by molar-refractivity contribution is -0.116. The molecule has 0 spiro atoms. The highest BCUT2D eigenvalue weighted by atomic mass is 16.5. The van der Waals surface area contributed by atoms with E-state index < -0.39 is 0 Å². The Balaban J connectivity index is 2.22. The van der Waals surface area contributed by atoms with Crippen molar-refractivity contribution in [2.45, 2.75) is 46.5 Å². The average molecular weight is 265 g/mol. The van der Waals surface area contributed by atoms with E-state index in [9.17, 15) is 4.79 Å². The zero-order valence-electron chi connectivity index (χ0n) is 12.5. The molecule has 1 heterocycles. The average Bonchev–Trinajstić information content (AvgIpc) is 2.37. The molecule has 19 heavy (non-hydrogen) atoms. The van der Waals surface area contributed by atoms with Crippen molar-refractivity contribution in [3.8, 4) is 0 Å². The summed E-state index contributed by atoms with van der Waals surface area (Å²) in [6.45, 7) is 8.66. The number of carbonyl (C=O) groups is 1. The van der Waals surface area contributed by atoms with Crippen LogP contribution >= 0.6 is 0 Å². The summed E-state index contributed by atoms with van der Waals surface area (Å²) in [4.78, 5) is 11.8. The van der Waals surface area contributed by atoms with Gasteiger partial charge in [-0.25, -0.2) is 0 Å². The molecule has 0 aromatic heterocycles. The molecule has 0 radical (unpaired) electrons. The SMILES string of the molecule is CC(C)=CCCC(C)=CC(=O)NCC1CCOCC1. The number of allylic oxidation sites excluding steroid dienone is 3. The Morgan fingerprint density at radius 1 is 1.26 bits per heavy atom. The van der Waals surface area contributed by atoms with Crippen molar-refractivity contribution in [2.75, 3.05) is 19.8 Å². The van der Waals surface area contributed by atoms with Gasteiger partial charge in [0.05, 0.1) is 0 Å². The van der Waals surface area contributed by atoms with Crippen LogP contribution in [0.3, 0.4) is 0 Å². The standard InChI is InChI=1S/C16H27NO2/c1-13(2)5-4-6-14(3)11-16(18)17-12-15-7-9-19-10-8-15/h5,11,15H,4,6-10,12H2,1-3H3,(H,17,18). The first-order chi connectivity index (χ1) is 9.08. The van der Waals surface area contributed by atoms with Crippen LogP contribution in [0.2, 0.25) is 0 Å². The van der Waals surface area contributed by atoms with E-state index in [0.717, 1.165) is 51.0 Å². The molecular weight excluding hydrogens is 238 g/mol. The van der Waals surface area contributed by atoms with Crippen molar-refractivity contribution < 1.29 is 9.53 Å². The first-order valence-corrected chi connectivity index (χ1v) is 7.24. The number of ether oxygens (including phenoxy) is 1. The predicted octanol–water partition coefficient (Wildman–Crippen LogP) is 3.22. The summed E-state index contributed by atoms with van der Waals surface area (Å²) in [5, 5.41) is 3.00. The Labute approximate surface area is 117 Å². The molecule has 0 aromatic carbocycles. The molecule has 1 rings (SSSR count). The first kappa shape index (κ1) is 16.0. The smallest absolute Gasteiger partial charge is 0.243 e. The van der Waals surface area contributed by atoms with Gasteiger partial charge in [0.25, 0.3) is 0 Å². The molecule has 0 atom stereocenters. The second-order valence-corrected chi connectivity index (χ2v) is 5.61. The van der Waals surface area contributed by atoms with Gasteiger partial charge in [-0.05, 0) is 52.4 Å². The van der Waals surface area contributed by atoms with E-state index in [1.807, 2.05) is 6.92 Å². The van der Waals surface area contributed by atoms with E-state index in [1.165, 1.54) is 5.57 Å². The van der Waals surface area contributed by atoms with Gasteiger partial charge in [-0.2, -0.15) is 0 Å². The third-order valence-corrected chi connectivity index (χ3v) is 3.37. The number of hydrogen-bond acceptors (Lipinski definition) is 2. The van der Waals surface area contributed by atoms with Crippen LogP contribution in [0.5, 0.6) is 0 Å². The third-order valence-electron chi connectivity index (χ3n) is 3.37. The molecule has 1 aliphatic heterocycles. The summed E-state index contributed by atoms with van der Waals surface area (Å²) >= 11 is 0. The molecular formula is C16H27NO2. The van der Waals surface area contributed by atoms with E-state index in [1.54, 1.807) is 6.08 Å². The minimum Gasteiger partial charge on any atom is -0.381 e. The fourth-order valence-corrected chi connectivity index (χ4v) is 2.13. The predicted molar refractivity (Wildman–Crippen MR) is 79.0 cm³/mol. The maximum atomic E-state index is 11.8. The first-order valence-electron chi connectivity index (χ1n) is 7.24. The lowest BCUT2D eigenvalue weighted by Crippen LogP contribution is -2.31. The highest BCUT2D eigenvalue weighted by molar-refractivity contribution is 5.88. The van der Waals surface area contributed by atoms with E-state index in [4.69, 9.17) is 4.74 Å². The summed E-state index contributed by atoms with van der Waals surface area (Å²) in [5.74, 6) is 0.623. The molecule has 1 amide bonds. The maximum absolute atomic E-state index is 11.8. The largest absolute Gasteiger partial charge is 0.381 e. The zero-order valence-corrected chi connectivity index (χ0v) is 12.5. The van der Waals surface area contributed by atoms with Crippen LogP contribution in [0.15, 0.2) is 23.3 Å². The Morgan fingerprint density at radius 2 is 1.95 bits per heavy atom. The summed E-state index contributed by atoms with van der Waals surface area (Å²) < 4.78 is 5.30. The van der Waals surface area contributed by atoms with Gasteiger partial charge in [0, 0.05) is 25.8 Å². The lowest BCUT2D eigenvalue weighted by atomic mass is 10.0. The number of hydrogen-bond donors (Lipinski definition) is 1.